The zero-order chi connectivity index (χ0) is 9.68. The molecule has 0 amide bonds. The van der Waals surface area contributed by atoms with Crippen LogP contribution >= 0.6 is 0 Å². The Balaban J connectivity index is 2.17. The van der Waals surface area contributed by atoms with Crippen LogP contribution in [0.15, 0.2) is 0 Å². The van der Waals surface area contributed by atoms with Crippen molar-refractivity contribution in [2.75, 3.05) is 26.2 Å². The maximum Gasteiger partial charge on any atom is 0.0582 e. The van der Waals surface area contributed by atoms with Gasteiger partial charge in [0.05, 0.1) is 6.61 Å². The number of rotatable bonds is 4. The molecule has 1 rings (SSSR count). The van der Waals surface area contributed by atoms with Gasteiger partial charge in [0.1, 0.15) is 0 Å². The summed E-state index contributed by atoms with van der Waals surface area (Å²) in [6.07, 6.45) is 2.44. The molecule has 0 saturated carbocycles. The van der Waals surface area contributed by atoms with E-state index in [9.17, 15) is 0 Å². The Morgan fingerprint density at radius 1 is 1.46 bits per heavy atom. The highest BCUT2D eigenvalue weighted by Crippen LogP contribution is 2.10. The summed E-state index contributed by atoms with van der Waals surface area (Å²) in [5, 5.41) is 12.3. The number of nitrogens with one attached hydrogen (secondary N) is 1. The van der Waals surface area contributed by atoms with Gasteiger partial charge in [-0.15, -0.1) is 0 Å². The van der Waals surface area contributed by atoms with Gasteiger partial charge >= 0.3 is 0 Å². The van der Waals surface area contributed by atoms with Crippen LogP contribution < -0.4 is 5.32 Å². The van der Waals surface area contributed by atoms with E-state index in [1.807, 2.05) is 6.92 Å². The summed E-state index contributed by atoms with van der Waals surface area (Å²) in [4.78, 5) is 2.47. The molecule has 1 saturated heterocycles. The predicted octanol–water partition coefficient (Wildman–Crippen LogP) is 0.441. The van der Waals surface area contributed by atoms with Gasteiger partial charge in [-0.2, -0.15) is 0 Å². The van der Waals surface area contributed by atoms with Crippen molar-refractivity contribution in [3.8, 4) is 0 Å². The normalized spacial score (nSPS) is 23.3. The van der Waals surface area contributed by atoms with E-state index in [0.717, 1.165) is 0 Å². The molecule has 0 aliphatic carbocycles. The molecule has 0 bridgehead atoms. The largest absolute Gasteiger partial charge is 0.395 e. The van der Waals surface area contributed by atoms with Gasteiger partial charge in [0.25, 0.3) is 0 Å². The summed E-state index contributed by atoms with van der Waals surface area (Å²) in [6, 6.07) is 0.864. The molecule has 0 aromatic heterocycles. The molecule has 0 spiro atoms. The van der Waals surface area contributed by atoms with Crippen molar-refractivity contribution >= 4 is 0 Å². The maximum atomic E-state index is 8.89. The van der Waals surface area contributed by atoms with Crippen molar-refractivity contribution in [2.45, 2.75) is 38.8 Å². The number of nitrogens with zero attached hydrogens (tertiary/aromatic N) is 1. The van der Waals surface area contributed by atoms with E-state index >= 15 is 0 Å². The topological polar surface area (TPSA) is 35.5 Å². The SMILES string of the molecule is CCN1CCC(NC(C)CO)CC1. The van der Waals surface area contributed by atoms with Crippen molar-refractivity contribution in [1.82, 2.24) is 10.2 Å². The van der Waals surface area contributed by atoms with Crippen molar-refractivity contribution in [2.24, 2.45) is 0 Å². The number of hydrogen-bond acceptors (Lipinski definition) is 3. The van der Waals surface area contributed by atoms with E-state index < -0.39 is 0 Å². The Morgan fingerprint density at radius 3 is 2.54 bits per heavy atom. The Kier molecular flexibility index (Phi) is 4.70. The van der Waals surface area contributed by atoms with Gasteiger partial charge in [-0.1, -0.05) is 6.92 Å². The van der Waals surface area contributed by atoms with Crippen LogP contribution in [0.5, 0.6) is 0 Å². The Hall–Kier alpha value is -0.120. The fourth-order valence-corrected chi connectivity index (χ4v) is 1.87. The molecule has 0 radical (unpaired) electrons. The van der Waals surface area contributed by atoms with Crippen LogP contribution in [0.1, 0.15) is 26.7 Å². The molecule has 2 N–H and O–H groups in total. The van der Waals surface area contributed by atoms with E-state index in [1.165, 1.54) is 32.5 Å². The zero-order valence-electron chi connectivity index (χ0n) is 8.79. The number of likely N-dealkylation sites (tertiary alicyclic amines) is 1. The fraction of sp³-hybridized carbons (Fsp3) is 1.00. The second-order valence-electron chi connectivity index (χ2n) is 3.96. The molecule has 0 aromatic carbocycles. The number of hydrogen-bond donors (Lipinski definition) is 2. The maximum absolute atomic E-state index is 8.89. The van der Waals surface area contributed by atoms with E-state index in [-0.39, 0.29) is 12.6 Å². The molecular weight excluding hydrogens is 164 g/mol. The summed E-state index contributed by atoms with van der Waals surface area (Å²) in [5.74, 6) is 0. The van der Waals surface area contributed by atoms with E-state index in [2.05, 4.69) is 17.1 Å². The third kappa shape index (κ3) is 3.63. The quantitative estimate of drug-likeness (QED) is 0.669. The zero-order valence-corrected chi connectivity index (χ0v) is 8.79. The van der Waals surface area contributed by atoms with Crippen LogP contribution in [0, 0.1) is 0 Å². The second-order valence-corrected chi connectivity index (χ2v) is 3.96. The van der Waals surface area contributed by atoms with E-state index in [1.54, 1.807) is 0 Å². The average Bonchev–Trinajstić information content (AvgIpc) is 2.19. The molecule has 1 fully saturated rings. The van der Waals surface area contributed by atoms with Gasteiger partial charge in [-0.05, 0) is 39.4 Å². The molecule has 1 atom stereocenters. The Labute approximate surface area is 81.1 Å². The molecule has 13 heavy (non-hydrogen) atoms. The molecule has 0 aromatic rings. The van der Waals surface area contributed by atoms with E-state index in [0.29, 0.717) is 6.04 Å². The van der Waals surface area contributed by atoms with Crippen LogP contribution in [0.3, 0.4) is 0 Å². The molecule has 1 aliphatic heterocycles. The Morgan fingerprint density at radius 2 is 2.08 bits per heavy atom. The molecule has 78 valence electrons. The van der Waals surface area contributed by atoms with Gasteiger partial charge in [0.15, 0.2) is 0 Å². The number of piperidine rings is 1. The summed E-state index contributed by atoms with van der Waals surface area (Å²) in [6.45, 7) is 8.06. The van der Waals surface area contributed by atoms with Crippen LogP contribution in [0.25, 0.3) is 0 Å². The monoisotopic (exact) mass is 186 g/mol. The first-order valence-corrected chi connectivity index (χ1v) is 5.35. The second kappa shape index (κ2) is 5.58. The lowest BCUT2D eigenvalue weighted by atomic mass is 10.0. The third-order valence-corrected chi connectivity index (χ3v) is 2.83. The minimum absolute atomic E-state index is 0.244. The highest BCUT2D eigenvalue weighted by molar-refractivity contribution is 4.78. The Bertz CT molecular complexity index is 133. The fourth-order valence-electron chi connectivity index (χ4n) is 1.87. The summed E-state index contributed by atoms with van der Waals surface area (Å²) in [7, 11) is 0. The van der Waals surface area contributed by atoms with Gasteiger partial charge in [-0.25, -0.2) is 0 Å². The minimum atomic E-state index is 0.244. The van der Waals surface area contributed by atoms with Crippen LogP contribution in [0.2, 0.25) is 0 Å². The number of aliphatic hydroxyl groups excluding tert-OH is 1. The van der Waals surface area contributed by atoms with Crippen molar-refractivity contribution in [3.05, 3.63) is 0 Å². The minimum Gasteiger partial charge on any atom is -0.395 e. The van der Waals surface area contributed by atoms with Crippen molar-refractivity contribution in [1.29, 1.82) is 0 Å². The smallest absolute Gasteiger partial charge is 0.0582 e. The van der Waals surface area contributed by atoms with Gasteiger partial charge in [0.2, 0.25) is 0 Å². The average molecular weight is 186 g/mol. The van der Waals surface area contributed by atoms with Crippen LogP contribution in [0.4, 0.5) is 0 Å². The number of aliphatic hydroxyl groups is 1. The van der Waals surface area contributed by atoms with Crippen LogP contribution in [-0.2, 0) is 0 Å². The lowest BCUT2D eigenvalue weighted by Gasteiger charge is -2.32. The molecule has 1 aliphatic rings. The molecule has 3 nitrogen and oxygen atoms in total. The lowest BCUT2D eigenvalue weighted by molar-refractivity contribution is 0.181. The first-order valence-electron chi connectivity index (χ1n) is 5.35. The lowest BCUT2D eigenvalue weighted by Crippen LogP contribution is -2.46. The van der Waals surface area contributed by atoms with E-state index in [4.69, 9.17) is 5.11 Å². The highest BCUT2D eigenvalue weighted by Gasteiger charge is 2.18. The third-order valence-electron chi connectivity index (χ3n) is 2.83. The summed E-state index contributed by atoms with van der Waals surface area (Å²) in [5.41, 5.74) is 0. The molecular formula is C10H22N2O. The molecule has 1 heterocycles. The molecule has 3 heteroatoms. The summed E-state index contributed by atoms with van der Waals surface area (Å²) < 4.78 is 0. The summed E-state index contributed by atoms with van der Waals surface area (Å²) >= 11 is 0. The van der Waals surface area contributed by atoms with Crippen molar-refractivity contribution < 1.29 is 5.11 Å². The van der Waals surface area contributed by atoms with Gasteiger partial charge in [-0.3, -0.25) is 0 Å². The predicted molar refractivity (Wildman–Crippen MR) is 54.8 cm³/mol. The standard InChI is InChI=1S/C10H22N2O/c1-3-12-6-4-10(5-7-12)11-9(2)8-13/h9-11,13H,3-8H2,1-2H3. The van der Waals surface area contributed by atoms with Gasteiger partial charge in [0, 0.05) is 12.1 Å². The van der Waals surface area contributed by atoms with Crippen molar-refractivity contribution in [3.63, 3.8) is 0 Å². The molecule has 1 unspecified atom stereocenters. The van der Waals surface area contributed by atoms with Gasteiger partial charge < -0.3 is 15.3 Å². The first kappa shape index (κ1) is 11.0. The van der Waals surface area contributed by atoms with Crippen LogP contribution in [-0.4, -0.2) is 48.3 Å². The first-order chi connectivity index (χ1) is 6.26. The highest BCUT2D eigenvalue weighted by atomic mass is 16.3.